The molecule has 0 fully saturated rings. The Labute approximate surface area is 108 Å². The summed E-state index contributed by atoms with van der Waals surface area (Å²) in [5.41, 5.74) is 0.691. The van der Waals surface area contributed by atoms with Crippen LogP contribution in [0.15, 0.2) is 40.5 Å². The second-order valence-electron chi connectivity index (χ2n) is 5.12. The van der Waals surface area contributed by atoms with Gasteiger partial charge in [0.05, 0.1) is 0 Å². The van der Waals surface area contributed by atoms with Crippen LogP contribution in [0.25, 0.3) is 0 Å². The topological polar surface area (TPSA) is 26.3 Å². The average Bonchev–Trinajstić information content (AvgIpc) is 2.29. The zero-order valence-electron chi connectivity index (χ0n) is 11.0. The first-order valence-electron chi connectivity index (χ1n) is 5.69. The van der Waals surface area contributed by atoms with E-state index in [1.807, 2.05) is 30.3 Å². The number of rotatable bonds is 5. The van der Waals surface area contributed by atoms with E-state index in [0.717, 1.165) is 3.59 Å². The van der Waals surface area contributed by atoms with Gasteiger partial charge in [-0.3, -0.25) is 0 Å². The first-order valence-corrected chi connectivity index (χ1v) is 15.7. The molecule has 0 amide bonds. The number of hydrogen-bond acceptors (Lipinski definition) is 2. The second-order valence-corrected chi connectivity index (χ2v) is 19.8. The maximum atomic E-state index is 12.3. The van der Waals surface area contributed by atoms with Gasteiger partial charge >= 0.3 is 108 Å². The van der Waals surface area contributed by atoms with Crippen LogP contribution in [0.1, 0.15) is 10.4 Å². The Hall–Kier alpha value is -0.611. The van der Waals surface area contributed by atoms with Gasteiger partial charge in [-0.25, -0.2) is 0 Å². The van der Waals surface area contributed by atoms with Crippen molar-refractivity contribution in [3.8, 4) is 0 Å². The van der Waals surface area contributed by atoms with Gasteiger partial charge in [-0.05, 0) is 0 Å². The van der Waals surface area contributed by atoms with Crippen molar-refractivity contribution in [1.82, 2.24) is 0 Å². The van der Waals surface area contributed by atoms with Crippen molar-refractivity contribution >= 4 is 24.2 Å². The minimum atomic E-state index is -2.31. The van der Waals surface area contributed by atoms with Crippen LogP contribution < -0.4 is 0 Å². The van der Waals surface area contributed by atoms with Gasteiger partial charge in [-0.2, -0.15) is 0 Å². The van der Waals surface area contributed by atoms with E-state index in [9.17, 15) is 4.79 Å². The van der Waals surface area contributed by atoms with Crippen LogP contribution in [-0.2, 0) is 4.74 Å². The molecule has 1 aromatic rings. The zero-order chi connectivity index (χ0) is 13.1. The summed E-state index contributed by atoms with van der Waals surface area (Å²) in [6, 6.07) is 9.27. The number of methoxy groups -OCH3 is 1. The third-order valence-electron chi connectivity index (χ3n) is 2.81. The molecule has 3 heteroatoms. The van der Waals surface area contributed by atoms with Crippen LogP contribution in [0.2, 0.25) is 14.8 Å². The van der Waals surface area contributed by atoms with Crippen LogP contribution in [0.5, 0.6) is 0 Å². The molecule has 0 spiro atoms. The molecule has 92 valence electrons. The standard InChI is InChI=1S/C11H11O2.3CH3.Sn/c1-3-10(13-2)11(12)9-7-5-4-6-8-9;;;;/h4-8,10H,1H2,2H3;3*1H3;. The van der Waals surface area contributed by atoms with E-state index in [1.54, 1.807) is 7.11 Å². The maximum absolute atomic E-state index is 12.3. The number of carbonyl (C=O) groups is 1. The average molecular weight is 339 g/mol. The summed E-state index contributed by atoms with van der Waals surface area (Å²) in [5.74, 6) is 0.0183. The molecule has 1 aromatic carbocycles. The van der Waals surface area contributed by atoms with Gasteiger partial charge in [-0.15, -0.1) is 0 Å². The molecule has 0 N–H and O–H groups in total. The quantitative estimate of drug-likeness (QED) is 0.608. The molecule has 0 bridgehead atoms. The number of carbonyl (C=O) groups excluding carboxylic acids is 1. The fourth-order valence-corrected chi connectivity index (χ4v) is 4.51. The molecular weight excluding hydrogens is 319 g/mol. The van der Waals surface area contributed by atoms with Crippen LogP contribution in [-0.4, -0.2) is 37.4 Å². The van der Waals surface area contributed by atoms with Gasteiger partial charge in [0.2, 0.25) is 0 Å². The van der Waals surface area contributed by atoms with Crippen molar-refractivity contribution in [2.45, 2.75) is 20.9 Å². The van der Waals surface area contributed by atoms with Crippen LogP contribution in [0.3, 0.4) is 0 Å². The fraction of sp³-hybridized carbons (Fsp3) is 0.357. The van der Waals surface area contributed by atoms with Crippen LogP contribution in [0.4, 0.5) is 0 Å². The monoisotopic (exact) mass is 340 g/mol. The van der Waals surface area contributed by atoms with E-state index in [2.05, 4.69) is 21.4 Å². The first kappa shape index (κ1) is 14.4. The van der Waals surface area contributed by atoms with E-state index < -0.39 is 24.5 Å². The molecule has 1 atom stereocenters. The van der Waals surface area contributed by atoms with Crippen molar-refractivity contribution < 1.29 is 9.53 Å². The Morgan fingerprint density at radius 3 is 2.18 bits per heavy atom. The van der Waals surface area contributed by atoms with Gasteiger partial charge in [0, 0.05) is 0 Å². The molecule has 1 rings (SSSR count). The summed E-state index contributed by atoms with van der Waals surface area (Å²) in [4.78, 5) is 19.0. The van der Waals surface area contributed by atoms with Crippen molar-refractivity contribution in [1.29, 1.82) is 0 Å². The molecule has 0 aliphatic rings. The van der Waals surface area contributed by atoms with Crippen LogP contribution >= 0.6 is 0 Å². The fourth-order valence-electron chi connectivity index (χ4n) is 1.55. The Balaban J connectivity index is 2.97. The predicted octanol–water partition coefficient (Wildman–Crippen LogP) is 3.32. The molecule has 0 saturated carbocycles. The Kier molecular flexibility index (Phi) is 4.95. The summed E-state index contributed by atoms with van der Waals surface area (Å²) >= 11 is -2.31. The SMILES string of the molecule is C=[C](C(OC)C(=O)c1ccccc1)[Sn]([CH3])([CH3])[CH3]. The minimum absolute atomic E-state index is 0.0183. The van der Waals surface area contributed by atoms with Gasteiger partial charge in [0.25, 0.3) is 0 Å². The Morgan fingerprint density at radius 1 is 1.24 bits per heavy atom. The van der Waals surface area contributed by atoms with Crippen molar-refractivity contribution in [2.24, 2.45) is 0 Å². The summed E-state index contributed by atoms with van der Waals surface area (Å²) in [6.07, 6.45) is -0.479. The van der Waals surface area contributed by atoms with E-state index >= 15 is 0 Å². The molecule has 2 nitrogen and oxygen atoms in total. The van der Waals surface area contributed by atoms with E-state index in [4.69, 9.17) is 4.74 Å². The number of hydrogen-bond donors (Lipinski definition) is 0. The normalized spacial score (nSPS) is 13.2. The summed E-state index contributed by atoms with van der Waals surface area (Å²) in [6.45, 7) is 4.09. The number of Topliss-reactive ketones (excluding diaryl/α,β-unsaturated/α-hetero) is 1. The molecule has 0 aromatic heterocycles. The molecule has 0 saturated heterocycles. The van der Waals surface area contributed by atoms with Crippen LogP contribution in [0, 0.1) is 0 Å². The zero-order valence-corrected chi connectivity index (χ0v) is 13.8. The Bertz CT molecular complexity index is 404. The number of benzene rings is 1. The third kappa shape index (κ3) is 3.68. The van der Waals surface area contributed by atoms with Gasteiger partial charge in [0.15, 0.2) is 0 Å². The van der Waals surface area contributed by atoms with Crippen molar-refractivity contribution in [3.63, 3.8) is 0 Å². The van der Waals surface area contributed by atoms with E-state index in [-0.39, 0.29) is 5.78 Å². The first-order chi connectivity index (χ1) is 7.88. The van der Waals surface area contributed by atoms with E-state index in [1.165, 1.54) is 0 Å². The molecule has 1 unspecified atom stereocenters. The Morgan fingerprint density at radius 2 is 1.76 bits per heavy atom. The van der Waals surface area contributed by atoms with E-state index in [0.29, 0.717) is 5.56 Å². The molecule has 0 aliphatic carbocycles. The third-order valence-corrected chi connectivity index (χ3v) is 9.06. The summed E-state index contributed by atoms with van der Waals surface area (Å²) in [7, 11) is 1.58. The molecule has 0 aliphatic heterocycles. The van der Waals surface area contributed by atoms with Gasteiger partial charge in [-0.1, -0.05) is 0 Å². The molecular formula is C14H20O2Sn. The van der Waals surface area contributed by atoms with Crippen molar-refractivity contribution in [3.05, 3.63) is 46.1 Å². The summed E-state index contributed by atoms with van der Waals surface area (Å²) in [5, 5.41) is 0. The predicted molar refractivity (Wildman–Crippen MR) is 74.1 cm³/mol. The molecule has 0 radical (unpaired) electrons. The number of ketones is 1. The molecule has 17 heavy (non-hydrogen) atoms. The summed E-state index contributed by atoms with van der Waals surface area (Å²) < 4.78 is 6.37. The van der Waals surface area contributed by atoms with Gasteiger partial charge in [0.1, 0.15) is 0 Å². The van der Waals surface area contributed by atoms with Crippen molar-refractivity contribution in [2.75, 3.05) is 7.11 Å². The number of ether oxygens (including phenoxy) is 1. The molecule has 0 heterocycles. The second kappa shape index (κ2) is 5.82. The van der Waals surface area contributed by atoms with Gasteiger partial charge < -0.3 is 0 Å².